The molecule has 0 spiro atoms. The third-order valence-electron chi connectivity index (χ3n) is 6.38. The van der Waals surface area contributed by atoms with E-state index in [0.717, 1.165) is 29.7 Å². The van der Waals surface area contributed by atoms with Crippen LogP contribution in [0.15, 0.2) is 12.1 Å². The first-order valence-electron chi connectivity index (χ1n) is 13.5. The Morgan fingerprint density at radius 3 is 1.67 bits per heavy atom. The van der Waals surface area contributed by atoms with Gasteiger partial charge >= 0.3 is 11.9 Å². The van der Waals surface area contributed by atoms with Crippen molar-refractivity contribution in [3.05, 3.63) is 23.3 Å². The number of aromatic hydroxyl groups is 1. The van der Waals surface area contributed by atoms with Crippen molar-refractivity contribution < 1.29 is 28.9 Å². The summed E-state index contributed by atoms with van der Waals surface area (Å²) in [7, 11) is 0. The number of esters is 2. The molecule has 1 aromatic carbocycles. The van der Waals surface area contributed by atoms with Crippen LogP contribution < -0.4 is 4.74 Å². The molecule has 0 bridgehead atoms. The van der Waals surface area contributed by atoms with Crippen LogP contribution in [-0.4, -0.2) is 36.9 Å². The zero-order valence-corrected chi connectivity index (χ0v) is 24.2. The van der Waals surface area contributed by atoms with Crippen molar-refractivity contribution in [2.24, 2.45) is 11.8 Å². The average Bonchev–Trinajstić information content (AvgIpc) is 2.77. The number of hydrogen-bond acceptors (Lipinski definition) is 6. The highest BCUT2D eigenvalue weighted by Crippen LogP contribution is 2.44. The molecule has 0 fully saturated rings. The normalized spacial score (nSPS) is 12.2. The molecular weight excluding hydrogens is 456 g/mol. The minimum absolute atomic E-state index is 0.169. The van der Waals surface area contributed by atoms with Crippen LogP contribution in [0.1, 0.15) is 112 Å². The summed E-state index contributed by atoms with van der Waals surface area (Å²) in [6, 6.07) is 3.76. The summed E-state index contributed by atoms with van der Waals surface area (Å²) in [6.45, 7) is 19.8. The Bertz CT molecular complexity index is 838. The van der Waals surface area contributed by atoms with Crippen LogP contribution in [0.25, 0.3) is 0 Å². The van der Waals surface area contributed by atoms with Crippen LogP contribution in [-0.2, 0) is 29.9 Å². The number of carbonyl (C=O) groups excluding carboxylic acids is 2. The zero-order valence-electron chi connectivity index (χ0n) is 24.2. The molecule has 6 heteroatoms. The summed E-state index contributed by atoms with van der Waals surface area (Å²) in [6.07, 6.45) is 3.58. The van der Waals surface area contributed by atoms with Gasteiger partial charge in [-0.25, -0.2) is 0 Å². The maximum atomic E-state index is 12.0. The van der Waals surface area contributed by atoms with Crippen molar-refractivity contribution >= 4 is 11.9 Å². The zero-order chi connectivity index (χ0) is 27.5. The molecule has 206 valence electrons. The lowest BCUT2D eigenvalue weighted by Crippen LogP contribution is -2.22. The van der Waals surface area contributed by atoms with Crippen molar-refractivity contribution in [2.75, 3.05) is 19.8 Å². The van der Waals surface area contributed by atoms with E-state index in [2.05, 4.69) is 27.7 Å². The van der Waals surface area contributed by atoms with Gasteiger partial charge in [-0.1, -0.05) is 55.4 Å². The van der Waals surface area contributed by atoms with Gasteiger partial charge in [0.15, 0.2) is 0 Å². The third kappa shape index (κ3) is 10.8. The van der Waals surface area contributed by atoms with Gasteiger partial charge < -0.3 is 19.3 Å². The van der Waals surface area contributed by atoms with Gasteiger partial charge in [0.2, 0.25) is 0 Å². The number of ether oxygens (including phenoxy) is 3. The smallest absolute Gasteiger partial charge is 0.305 e. The van der Waals surface area contributed by atoms with E-state index in [4.69, 9.17) is 14.2 Å². The summed E-state index contributed by atoms with van der Waals surface area (Å²) in [5, 5.41) is 11.1. The second-order valence-corrected chi connectivity index (χ2v) is 11.9. The number of hydrogen-bond donors (Lipinski definition) is 1. The molecule has 0 atom stereocenters. The Morgan fingerprint density at radius 1 is 0.806 bits per heavy atom. The van der Waals surface area contributed by atoms with Gasteiger partial charge in [-0.3, -0.25) is 9.59 Å². The van der Waals surface area contributed by atoms with Crippen LogP contribution in [0.3, 0.4) is 0 Å². The summed E-state index contributed by atoms with van der Waals surface area (Å²) in [5.41, 5.74) is 1.08. The van der Waals surface area contributed by atoms with Crippen molar-refractivity contribution in [3.8, 4) is 11.5 Å². The molecule has 1 N–H and O–H groups in total. The molecule has 36 heavy (non-hydrogen) atoms. The second-order valence-electron chi connectivity index (χ2n) is 11.9. The summed E-state index contributed by atoms with van der Waals surface area (Å²) >= 11 is 0. The molecule has 0 aliphatic rings. The van der Waals surface area contributed by atoms with E-state index >= 15 is 0 Å². The number of rotatable bonds is 16. The van der Waals surface area contributed by atoms with Gasteiger partial charge in [0.1, 0.15) is 11.5 Å². The number of phenolic OH excluding ortho intramolecular Hbond substituents is 1. The molecule has 0 radical (unpaired) electrons. The molecule has 0 amide bonds. The Morgan fingerprint density at radius 2 is 1.25 bits per heavy atom. The van der Waals surface area contributed by atoms with Crippen molar-refractivity contribution in [3.63, 3.8) is 0 Å². The molecule has 0 aromatic heterocycles. The fraction of sp³-hybridized carbons (Fsp3) is 0.733. The maximum Gasteiger partial charge on any atom is 0.305 e. The van der Waals surface area contributed by atoms with Gasteiger partial charge in [-0.15, -0.1) is 0 Å². The molecule has 1 aromatic rings. The van der Waals surface area contributed by atoms with Gasteiger partial charge in [0, 0.05) is 24.0 Å². The average molecular weight is 507 g/mol. The van der Waals surface area contributed by atoms with Crippen LogP contribution in [0.2, 0.25) is 0 Å². The molecule has 0 aliphatic heterocycles. The van der Waals surface area contributed by atoms with E-state index < -0.39 is 0 Å². The molecule has 6 nitrogen and oxygen atoms in total. The predicted octanol–water partition coefficient (Wildman–Crippen LogP) is 7.09. The Balaban J connectivity index is 2.94. The Labute approximate surface area is 219 Å². The Hall–Kier alpha value is -2.24. The number of benzene rings is 1. The molecule has 0 unspecified atom stereocenters. The van der Waals surface area contributed by atoms with Crippen LogP contribution in [0, 0.1) is 11.8 Å². The van der Waals surface area contributed by atoms with E-state index in [1.54, 1.807) is 0 Å². The molecule has 0 aliphatic carbocycles. The lowest BCUT2D eigenvalue weighted by atomic mass is 9.75. The maximum absolute atomic E-state index is 12.0. The fourth-order valence-corrected chi connectivity index (χ4v) is 4.20. The minimum Gasteiger partial charge on any atom is -0.508 e. The first-order chi connectivity index (χ1) is 16.7. The van der Waals surface area contributed by atoms with E-state index in [9.17, 15) is 14.7 Å². The van der Waals surface area contributed by atoms with E-state index in [-0.39, 0.29) is 28.5 Å². The van der Waals surface area contributed by atoms with E-state index in [0.29, 0.717) is 57.3 Å². The molecular formula is C30H50O6. The third-order valence-corrected chi connectivity index (χ3v) is 6.38. The summed E-state index contributed by atoms with van der Waals surface area (Å²) in [4.78, 5) is 24.0. The van der Waals surface area contributed by atoms with Crippen LogP contribution >= 0.6 is 0 Å². The summed E-state index contributed by atoms with van der Waals surface area (Å²) in [5.74, 6) is 1.28. The molecule has 0 heterocycles. The molecule has 1 rings (SSSR count). The minimum atomic E-state index is -0.350. The first-order valence-corrected chi connectivity index (χ1v) is 13.5. The van der Waals surface area contributed by atoms with E-state index in [1.165, 1.54) is 0 Å². The van der Waals surface area contributed by atoms with Gasteiger partial charge in [0.25, 0.3) is 0 Å². The second kappa shape index (κ2) is 14.5. The first kappa shape index (κ1) is 31.8. The highest BCUT2D eigenvalue weighted by molar-refractivity contribution is 5.69. The van der Waals surface area contributed by atoms with Crippen molar-refractivity contribution in [1.29, 1.82) is 0 Å². The fourth-order valence-electron chi connectivity index (χ4n) is 4.20. The number of phenols is 1. The SMILES string of the molecule is CCOc1cc(C(C)(C)CCCC(=O)OCC(C)C)c(O)cc1C(C)(C)CCCC(=O)OCC(C)C. The standard InChI is InChI=1S/C30H50O6/c1-10-34-26-18-23(29(6,7)15-11-13-27(32)35-19-21(2)3)25(31)17-24(26)30(8,9)16-12-14-28(33)36-20-22(4)5/h17-18,21-22,31H,10-16,19-20H2,1-9H3. The highest BCUT2D eigenvalue weighted by Gasteiger charge is 2.30. The van der Waals surface area contributed by atoms with Crippen LogP contribution in [0.5, 0.6) is 11.5 Å². The van der Waals surface area contributed by atoms with Crippen molar-refractivity contribution in [1.82, 2.24) is 0 Å². The largest absolute Gasteiger partial charge is 0.508 e. The van der Waals surface area contributed by atoms with Crippen LogP contribution in [0.4, 0.5) is 0 Å². The number of carbonyl (C=O) groups is 2. The van der Waals surface area contributed by atoms with Gasteiger partial charge in [0.05, 0.1) is 19.8 Å². The van der Waals surface area contributed by atoms with Gasteiger partial charge in [-0.05, 0) is 67.4 Å². The topological polar surface area (TPSA) is 82.1 Å². The predicted molar refractivity (Wildman–Crippen MR) is 145 cm³/mol. The van der Waals surface area contributed by atoms with Crippen molar-refractivity contribution in [2.45, 2.75) is 112 Å². The lowest BCUT2D eigenvalue weighted by molar-refractivity contribution is -0.145. The summed E-state index contributed by atoms with van der Waals surface area (Å²) < 4.78 is 16.6. The molecule has 0 saturated heterocycles. The quantitative estimate of drug-likeness (QED) is 0.241. The lowest BCUT2D eigenvalue weighted by Gasteiger charge is -2.31. The van der Waals surface area contributed by atoms with E-state index in [1.807, 2.05) is 46.8 Å². The monoisotopic (exact) mass is 506 g/mol. The highest BCUT2D eigenvalue weighted by atomic mass is 16.5. The molecule has 0 saturated carbocycles. The van der Waals surface area contributed by atoms with Gasteiger partial charge in [-0.2, -0.15) is 0 Å². The Kier molecular flexibility index (Phi) is 12.8.